The van der Waals surface area contributed by atoms with Crippen LogP contribution in [0.2, 0.25) is 0 Å². The van der Waals surface area contributed by atoms with Crippen molar-refractivity contribution in [1.82, 2.24) is 10.6 Å². The average molecular weight is 437 g/mol. The lowest BCUT2D eigenvalue weighted by molar-refractivity contribution is -0.146. The molecule has 0 spiro atoms. The van der Waals surface area contributed by atoms with Crippen LogP contribution in [-0.4, -0.2) is 37.2 Å². The number of nitrogens with zero attached hydrogens (tertiary/aromatic N) is 1. The first kappa shape index (κ1) is 24.4. The molecule has 0 saturated heterocycles. The first-order valence-corrected chi connectivity index (χ1v) is 10.2. The monoisotopic (exact) mass is 437 g/mol. The predicted octanol–water partition coefficient (Wildman–Crippen LogP) is 2.73. The summed E-state index contributed by atoms with van der Waals surface area (Å²) in [5.74, 6) is -1.71. The van der Waals surface area contributed by atoms with Gasteiger partial charge in [-0.2, -0.15) is 5.26 Å². The number of ether oxygens (including phenoxy) is 2. The summed E-state index contributed by atoms with van der Waals surface area (Å²) < 4.78 is 10.0. The van der Waals surface area contributed by atoms with Crippen LogP contribution in [-0.2, 0) is 32.1 Å². The smallest absolute Gasteiger partial charge is 0.408 e. The van der Waals surface area contributed by atoms with Gasteiger partial charge in [-0.3, -0.25) is 4.79 Å². The summed E-state index contributed by atoms with van der Waals surface area (Å²) in [6, 6.07) is 18.3. The summed E-state index contributed by atoms with van der Waals surface area (Å²) in [5, 5.41) is 14.2. The fraction of sp³-hybridized carbons (Fsp3) is 0.333. The Kier molecular flexibility index (Phi) is 9.72. The summed E-state index contributed by atoms with van der Waals surface area (Å²) in [6.07, 6.45) is -0.520. The first-order valence-electron chi connectivity index (χ1n) is 10.2. The van der Waals surface area contributed by atoms with E-state index in [0.717, 1.165) is 11.1 Å². The van der Waals surface area contributed by atoms with Crippen molar-refractivity contribution < 1.29 is 23.9 Å². The fourth-order valence-electron chi connectivity index (χ4n) is 3.04. The molecule has 32 heavy (non-hydrogen) atoms. The molecule has 0 aliphatic carbocycles. The van der Waals surface area contributed by atoms with Crippen LogP contribution >= 0.6 is 0 Å². The second kappa shape index (κ2) is 12.7. The Morgan fingerprint density at radius 1 is 0.969 bits per heavy atom. The second-order valence-corrected chi connectivity index (χ2v) is 7.30. The Morgan fingerprint density at radius 2 is 1.56 bits per heavy atom. The van der Waals surface area contributed by atoms with E-state index in [4.69, 9.17) is 14.7 Å². The predicted molar refractivity (Wildman–Crippen MR) is 117 cm³/mol. The maximum atomic E-state index is 13.0. The molecule has 2 aromatic rings. The normalized spacial score (nSPS) is 13.0. The Bertz CT molecular complexity index is 928. The van der Waals surface area contributed by atoms with Crippen LogP contribution < -0.4 is 10.6 Å². The molecule has 0 fully saturated rings. The number of carbonyl (C=O) groups excluding carboxylic acids is 3. The quantitative estimate of drug-likeness (QED) is 0.552. The molecule has 0 saturated carbocycles. The minimum absolute atomic E-state index is 0.0515. The molecule has 0 unspecified atom stereocenters. The van der Waals surface area contributed by atoms with E-state index in [0.29, 0.717) is 0 Å². The summed E-state index contributed by atoms with van der Waals surface area (Å²) in [7, 11) is 1.21. The molecular formula is C24H27N3O5. The lowest BCUT2D eigenvalue weighted by Crippen LogP contribution is -2.54. The molecule has 2 N–H and O–H groups in total. The van der Waals surface area contributed by atoms with Crippen molar-refractivity contribution in [2.75, 3.05) is 7.11 Å². The van der Waals surface area contributed by atoms with Gasteiger partial charge >= 0.3 is 12.1 Å². The van der Waals surface area contributed by atoms with E-state index < -0.39 is 36.0 Å². The maximum Gasteiger partial charge on any atom is 0.408 e. The fourth-order valence-corrected chi connectivity index (χ4v) is 3.04. The van der Waals surface area contributed by atoms with E-state index >= 15 is 0 Å². The summed E-state index contributed by atoms with van der Waals surface area (Å²) in [5.41, 5.74) is 1.62. The molecule has 0 radical (unpaired) electrons. The molecule has 2 aromatic carbocycles. The number of nitriles is 1. The van der Waals surface area contributed by atoms with Crippen LogP contribution in [0.5, 0.6) is 0 Å². The SMILES string of the molecule is COC(=O)[C@@H](NC(=O)[C@@H](Cc1ccccc1)NC(=O)OCc1ccccc1)[C@@H](C)CC#N. The van der Waals surface area contributed by atoms with Crippen molar-refractivity contribution in [3.8, 4) is 6.07 Å². The Balaban J connectivity index is 2.11. The van der Waals surface area contributed by atoms with Crippen LogP contribution in [0.25, 0.3) is 0 Å². The van der Waals surface area contributed by atoms with E-state index in [-0.39, 0.29) is 19.4 Å². The van der Waals surface area contributed by atoms with Gasteiger partial charge in [-0.05, 0) is 11.1 Å². The van der Waals surface area contributed by atoms with Gasteiger partial charge in [0.2, 0.25) is 5.91 Å². The van der Waals surface area contributed by atoms with Crippen molar-refractivity contribution in [3.63, 3.8) is 0 Å². The highest BCUT2D eigenvalue weighted by atomic mass is 16.5. The molecule has 0 aromatic heterocycles. The van der Waals surface area contributed by atoms with Gasteiger partial charge in [0.15, 0.2) is 0 Å². The van der Waals surface area contributed by atoms with E-state index in [1.54, 1.807) is 6.92 Å². The molecule has 2 amide bonds. The average Bonchev–Trinajstić information content (AvgIpc) is 2.81. The maximum absolute atomic E-state index is 13.0. The minimum Gasteiger partial charge on any atom is -0.467 e. The third-order valence-electron chi connectivity index (χ3n) is 4.84. The zero-order valence-corrected chi connectivity index (χ0v) is 18.1. The lowest BCUT2D eigenvalue weighted by atomic mass is 9.98. The van der Waals surface area contributed by atoms with Gasteiger partial charge in [-0.1, -0.05) is 67.6 Å². The number of amides is 2. The van der Waals surface area contributed by atoms with Gasteiger partial charge < -0.3 is 20.1 Å². The Morgan fingerprint density at radius 3 is 2.12 bits per heavy atom. The van der Waals surface area contributed by atoms with Crippen LogP contribution in [0.4, 0.5) is 4.79 Å². The van der Waals surface area contributed by atoms with Crippen molar-refractivity contribution in [1.29, 1.82) is 5.26 Å². The lowest BCUT2D eigenvalue weighted by Gasteiger charge is -2.25. The number of esters is 1. The van der Waals surface area contributed by atoms with Gasteiger partial charge in [0.25, 0.3) is 0 Å². The van der Waals surface area contributed by atoms with E-state index in [1.807, 2.05) is 66.7 Å². The number of methoxy groups -OCH3 is 1. The van der Waals surface area contributed by atoms with Gasteiger partial charge in [0.05, 0.1) is 13.2 Å². The highest BCUT2D eigenvalue weighted by Crippen LogP contribution is 2.11. The van der Waals surface area contributed by atoms with Crippen LogP contribution in [0.15, 0.2) is 60.7 Å². The van der Waals surface area contributed by atoms with Crippen molar-refractivity contribution in [2.24, 2.45) is 5.92 Å². The van der Waals surface area contributed by atoms with Crippen molar-refractivity contribution in [2.45, 2.75) is 38.5 Å². The second-order valence-electron chi connectivity index (χ2n) is 7.30. The number of hydrogen-bond donors (Lipinski definition) is 2. The van der Waals surface area contributed by atoms with Gasteiger partial charge in [-0.25, -0.2) is 9.59 Å². The number of hydrogen-bond acceptors (Lipinski definition) is 6. The van der Waals surface area contributed by atoms with Gasteiger partial charge in [-0.15, -0.1) is 0 Å². The summed E-state index contributed by atoms with van der Waals surface area (Å²) in [4.78, 5) is 37.6. The van der Waals surface area contributed by atoms with E-state index in [9.17, 15) is 14.4 Å². The van der Waals surface area contributed by atoms with Crippen LogP contribution in [0, 0.1) is 17.2 Å². The molecule has 8 heteroatoms. The Labute approximate surface area is 187 Å². The number of alkyl carbamates (subject to hydrolysis) is 1. The van der Waals surface area contributed by atoms with Crippen LogP contribution in [0.1, 0.15) is 24.5 Å². The molecule has 168 valence electrons. The molecular weight excluding hydrogens is 410 g/mol. The van der Waals surface area contributed by atoms with E-state index in [2.05, 4.69) is 10.6 Å². The summed E-state index contributed by atoms with van der Waals surface area (Å²) in [6.45, 7) is 1.72. The molecule has 0 bridgehead atoms. The summed E-state index contributed by atoms with van der Waals surface area (Å²) >= 11 is 0. The standard InChI is InChI=1S/C24H27N3O5/c1-17(13-14-25)21(23(29)31-2)27-22(28)20(15-18-9-5-3-6-10-18)26-24(30)32-16-19-11-7-4-8-12-19/h3-12,17,20-21H,13,15-16H2,1-2H3,(H,26,30)(H,27,28)/t17-,20+,21-/m0/s1. The minimum atomic E-state index is -1.02. The molecule has 8 nitrogen and oxygen atoms in total. The van der Waals surface area contributed by atoms with Crippen LogP contribution in [0.3, 0.4) is 0 Å². The molecule has 0 aliphatic rings. The molecule has 0 aliphatic heterocycles. The third kappa shape index (κ3) is 7.76. The van der Waals surface area contributed by atoms with Crippen molar-refractivity contribution in [3.05, 3.63) is 71.8 Å². The third-order valence-corrected chi connectivity index (χ3v) is 4.84. The zero-order chi connectivity index (χ0) is 23.3. The Hall–Kier alpha value is -3.86. The zero-order valence-electron chi connectivity index (χ0n) is 18.1. The van der Waals surface area contributed by atoms with E-state index in [1.165, 1.54) is 7.11 Å². The van der Waals surface area contributed by atoms with Gasteiger partial charge in [0.1, 0.15) is 18.7 Å². The molecule has 3 atom stereocenters. The highest BCUT2D eigenvalue weighted by Gasteiger charge is 2.31. The van der Waals surface area contributed by atoms with Gasteiger partial charge in [0, 0.05) is 18.8 Å². The number of benzene rings is 2. The molecule has 2 rings (SSSR count). The van der Waals surface area contributed by atoms with Crippen molar-refractivity contribution >= 4 is 18.0 Å². The molecule has 0 heterocycles. The highest BCUT2D eigenvalue weighted by molar-refractivity contribution is 5.90. The number of rotatable bonds is 10. The number of carbonyl (C=O) groups is 3. The first-order chi connectivity index (χ1) is 15.4. The topological polar surface area (TPSA) is 118 Å². The number of nitrogens with one attached hydrogen (secondary N) is 2. The largest absolute Gasteiger partial charge is 0.467 e.